The van der Waals surface area contributed by atoms with Crippen molar-refractivity contribution in [3.8, 4) is 0 Å². The van der Waals surface area contributed by atoms with Gasteiger partial charge in [0.15, 0.2) is 0 Å². The molecule has 0 bridgehead atoms. The van der Waals surface area contributed by atoms with Crippen LogP contribution < -0.4 is 4.72 Å². The molecule has 0 unspecified atom stereocenters. The van der Waals surface area contributed by atoms with Crippen molar-refractivity contribution in [3.05, 3.63) is 12.0 Å². The van der Waals surface area contributed by atoms with Gasteiger partial charge in [-0.1, -0.05) is 20.4 Å². The van der Waals surface area contributed by atoms with Gasteiger partial charge in [0.05, 0.1) is 0 Å². The van der Waals surface area contributed by atoms with E-state index < -0.39 is 10.0 Å². The van der Waals surface area contributed by atoms with E-state index in [9.17, 15) is 8.42 Å². The summed E-state index contributed by atoms with van der Waals surface area (Å²) in [6, 6.07) is 0. The molecule has 0 radical (unpaired) electrons. The van der Waals surface area contributed by atoms with Crippen molar-refractivity contribution in [2.75, 3.05) is 6.54 Å². The second-order valence-electron chi connectivity index (χ2n) is 4.63. The maximum Gasteiger partial charge on any atom is 0.233 e. The lowest BCUT2D eigenvalue weighted by molar-refractivity contribution is 0.386. The van der Waals surface area contributed by atoms with Crippen molar-refractivity contribution in [3.63, 3.8) is 0 Å². The third-order valence-electron chi connectivity index (χ3n) is 2.67. The van der Waals surface area contributed by atoms with E-state index in [1.54, 1.807) is 0 Å². The molecule has 1 saturated carbocycles. The van der Waals surface area contributed by atoms with Gasteiger partial charge in [-0.2, -0.15) is 0 Å². The number of nitrogens with one attached hydrogen (secondary N) is 1. The third-order valence-corrected chi connectivity index (χ3v) is 3.65. The quantitative estimate of drug-likeness (QED) is 0.738. The largest absolute Gasteiger partial charge is 0.233 e. The summed E-state index contributed by atoms with van der Waals surface area (Å²) in [6.45, 7) is 8.17. The van der Waals surface area contributed by atoms with Crippen LogP contribution in [0.2, 0.25) is 0 Å². The molecule has 1 fully saturated rings. The highest BCUT2D eigenvalue weighted by Gasteiger charge is 2.42. The number of sulfonamides is 1. The Morgan fingerprint density at radius 2 is 2.07 bits per heavy atom. The molecule has 3 nitrogen and oxygen atoms in total. The van der Waals surface area contributed by atoms with Crippen LogP contribution in [0.15, 0.2) is 12.0 Å². The Labute approximate surface area is 86.6 Å². The summed E-state index contributed by atoms with van der Waals surface area (Å²) in [5.74, 6) is 0.630. The summed E-state index contributed by atoms with van der Waals surface area (Å²) < 4.78 is 24.8. The van der Waals surface area contributed by atoms with Gasteiger partial charge in [0.25, 0.3) is 0 Å². The molecular weight excluding hydrogens is 198 g/mol. The first-order valence-electron chi connectivity index (χ1n) is 5.01. The molecule has 0 aliphatic heterocycles. The van der Waals surface area contributed by atoms with Crippen molar-refractivity contribution in [1.29, 1.82) is 0 Å². The lowest BCUT2D eigenvalue weighted by Crippen LogP contribution is -2.29. The van der Waals surface area contributed by atoms with Gasteiger partial charge in [-0.25, -0.2) is 13.1 Å². The van der Waals surface area contributed by atoms with E-state index in [1.807, 2.05) is 0 Å². The molecule has 1 rings (SSSR count). The predicted molar refractivity (Wildman–Crippen MR) is 58.2 cm³/mol. The standard InChI is InChI=1S/C10H19NO2S/c1-4-14(12,13)11-8-10(5-6-10)7-9(2)3/h4,9,11H,1,5-8H2,2-3H3. The Balaban J connectivity index is 2.42. The topological polar surface area (TPSA) is 46.2 Å². The average Bonchev–Trinajstić information content (AvgIpc) is 2.82. The summed E-state index contributed by atoms with van der Waals surface area (Å²) >= 11 is 0. The van der Waals surface area contributed by atoms with Gasteiger partial charge < -0.3 is 0 Å². The maximum absolute atomic E-state index is 11.1. The van der Waals surface area contributed by atoms with Crippen LogP contribution in [0.3, 0.4) is 0 Å². The number of hydrogen-bond acceptors (Lipinski definition) is 2. The van der Waals surface area contributed by atoms with E-state index in [0.29, 0.717) is 12.5 Å². The minimum absolute atomic E-state index is 0.240. The molecule has 1 aliphatic carbocycles. The smallest absolute Gasteiger partial charge is 0.211 e. The van der Waals surface area contributed by atoms with E-state index >= 15 is 0 Å². The van der Waals surface area contributed by atoms with Crippen LogP contribution in [0, 0.1) is 11.3 Å². The summed E-state index contributed by atoms with van der Waals surface area (Å²) in [6.07, 6.45) is 3.39. The van der Waals surface area contributed by atoms with Crippen LogP contribution in [0.25, 0.3) is 0 Å². The molecule has 0 aromatic carbocycles. The second kappa shape index (κ2) is 4.03. The molecule has 82 valence electrons. The highest BCUT2D eigenvalue weighted by Crippen LogP contribution is 2.50. The van der Waals surface area contributed by atoms with Gasteiger partial charge >= 0.3 is 0 Å². The number of hydrogen-bond donors (Lipinski definition) is 1. The Morgan fingerprint density at radius 3 is 2.43 bits per heavy atom. The van der Waals surface area contributed by atoms with Gasteiger partial charge in [0.1, 0.15) is 0 Å². The molecule has 0 aromatic rings. The van der Waals surface area contributed by atoms with Crippen LogP contribution in [0.4, 0.5) is 0 Å². The van der Waals surface area contributed by atoms with E-state index in [4.69, 9.17) is 0 Å². The molecule has 14 heavy (non-hydrogen) atoms. The Morgan fingerprint density at radius 1 is 1.50 bits per heavy atom. The fraction of sp³-hybridized carbons (Fsp3) is 0.800. The summed E-state index contributed by atoms with van der Waals surface area (Å²) in [7, 11) is -3.23. The molecule has 0 amide bonds. The summed E-state index contributed by atoms with van der Waals surface area (Å²) in [5, 5.41) is 0.971. The van der Waals surface area contributed by atoms with Gasteiger partial charge in [0, 0.05) is 12.0 Å². The first-order chi connectivity index (χ1) is 6.39. The fourth-order valence-corrected chi connectivity index (χ4v) is 2.43. The van der Waals surface area contributed by atoms with E-state index in [0.717, 1.165) is 24.7 Å². The first kappa shape index (κ1) is 11.7. The zero-order chi connectivity index (χ0) is 10.8. The Kier molecular flexibility index (Phi) is 3.37. The monoisotopic (exact) mass is 217 g/mol. The SMILES string of the molecule is C=CS(=O)(=O)NCC1(CC(C)C)CC1. The normalized spacial score (nSPS) is 19.6. The molecule has 0 spiro atoms. The predicted octanol–water partition coefficient (Wildman–Crippen LogP) is 1.88. The first-order valence-corrected chi connectivity index (χ1v) is 6.56. The van der Waals surface area contributed by atoms with E-state index in [2.05, 4.69) is 25.1 Å². The Hall–Kier alpha value is -0.350. The van der Waals surface area contributed by atoms with Gasteiger partial charge in [-0.3, -0.25) is 0 Å². The van der Waals surface area contributed by atoms with Crippen LogP contribution in [-0.4, -0.2) is 15.0 Å². The van der Waals surface area contributed by atoms with Crippen molar-refractivity contribution >= 4 is 10.0 Å². The van der Waals surface area contributed by atoms with Crippen molar-refractivity contribution in [1.82, 2.24) is 4.72 Å². The maximum atomic E-state index is 11.1. The molecule has 0 aromatic heterocycles. The summed E-state index contributed by atoms with van der Waals surface area (Å²) in [5.41, 5.74) is 0.240. The minimum Gasteiger partial charge on any atom is -0.211 e. The van der Waals surface area contributed by atoms with Crippen LogP contribution in [0.5, 0.6) is 0 Å². The number of rotatable bonds is 6. The minimum atomic E-state index is -3.23. The van der Waals surface area contributed by atoms with E-state index in [-0.39, 0.29) is 5.41 Å². The molecule has 0 saturated heterocycles. The van der Waals surface area contributed by atoms with Gasteiger partial charge in [0.2, 0.25) is 10.0 Å². The summed E-state index contributed by atoms with van der Waals surface area (Å²) in [4.78, 5) is 0. The van der Waals surface area contributed by atoms with Gasteiger partial charge in [-0.05, 0) is 30.6 Å². The Bertz CT molecular complexity index is 302. The van der Waals surface area contributed by atoms with Crippen LogP contribution in [-0.2, 0) is 10.0 Å². The highest BCUT2D eigenvalue weighted by atomic mass is 32.2. The molecule has 1 N–H and O–H groups in total. The van der Waals surface area contributed by atoms with Crippen LogP contribution >= 0.6 is 0 Å². The zero-order valence-corrected chi connectivity index (χ0v) is 9.73. The van der Waals surface area contributed by atoms with E-state index in [1.165, 1.54) is 0 Å². The van der Waals surface area contributed by atoms with Gasteiger partial charge in [-0.15, -0.1) is 0 Å². The highest BCUT2D eigenvalue weighted by molar-refractivity contribution is 7.92. The average molecular weight is 217 g/mol. The second-order valence-corrected chi connectivity index (χ2v) is 6.34. The molecule has 4 heteroatoms. The van der Waals surface area contributed by atoms with Crippen LogP contribution in [0.1, 0.15) is 33.1 Å². The molecule has 0 heterocycles. The van der Waals surface area contributed by atoms with Crippen molar-refractivity contribution < 1.29 is 8.42 Å². The third kappa shape index (κ3) is 3.42. The molecular formula is C10H19NO2S. The fourth-order valence-electron chi connectivity index (χ4n) is 1.81. The molecule has 1 aliphatic rings. The van der Waals surface area contributed by atoms with Crippen molar-refractivity contribution in [2.24, 2.45) is 11.3 Å². The lowest BCUT2D eigenvalue weighted by Gasteiger charge is -2.17. The lowest BCUT2D eigenvalue weighted by atomic mass is 9.95. The molecule has 0 atom stereocenters. The van der Waals surface area contributed by atoms with Crippen molar-refractivity contribution in [2.45, 2.75) is 33.1 Å². The zero-order valence-electron chi connectivity index (χ0n) is 8.91.